The third-order valence-electron chi connectivity index (χ3n) is 2.88. The van der Waals surface area contributed by atoms with Gasteiger partial charge in [0.25, 0.3) is 0 Å². The van der Waals surface area contributed by atoms with Gasteiger partial charge in [0.15, 0.2) is 0 Å². The van der Waals surface area contributed by atoms with Crippen LogP contribution >= 0.6 is 0 Å². The van der Waals surface area contributed by atoms with Gasteiger partial charge in [-0.25, -0.2) is 0 Å². The molecule has 0 saturated heterocycles. The number of hydrogen-bond donors (Lipinski definition) is 4. The van der Waals surface area contributed by atoms with Crippen molar-refractivity contribution in [2.24, 2.45) is 0 Å². The predicted molar refractivity (Wildman–Crippen MR) is 90.6 cm³/mol. The van der Waals surface area contributed by atoms with E-state index in [1.807, 2.05) is 5.82 Å². The Bertz CT molecular complexity index is 491. The third kappa shape index (κ3) is 11.4. The number of aliphatic carboxylic acids is 2. The maximum absolute atomic E-state index is 12.3. The van der Waals surface area contributed by atoms with E-state index >= 15 is 0 Å². The Balaban J connectivity index is 4.92. The molecule has 0 fully saturated rings. The van der Waals surface area contributed by atoms with Crippen molar-refractivity contribution in [3.05, 3.63) is 0 Å². The molecule has 0 unspecified atom stereocenters. The topological polar surface area (TPSA) is 142 Å². The first-order valence-electron chi connectivity index (χ1n) is 7.69. The maximum atomic E-state index is 12.3. The monoisotopic (exact) mass is 426 g/mol. The summed E-state index contributed by atoms with van der Waals surface area (Å²) in [5.41, 5.74) is -0.731. The van der Waals surface area contributed by atoms with Crippen LogP contribution in [0.5, 0.6) is 0 Å². The summed E-state index contributed by atoms with van der Waals surface area (Å²) >= 11 is 0.268. The van der Waals surface area contributed by atoms with Crippen LogP contribution < -0.4 is 10.6 Å². The molecule has 144 valence electrons. The van der Waals surface area contributed by atoms with Crippen molar-refractivity contribution in [1.82, 2.24) is 10.6 Å². The average Bonchev–Trinajstić information content (AvgIpc) is 2.44. The first-order valence-corrected chi connectivity index (χ1v) is 10.6. The van der Waals surface area contributed by atoms with E-state index in [1.54, 1.807) is 20.8 Å². The normalized spacial score (nSPS) is 13.4. The summed E-state index contributed by atoms with van der Waals surface area (Å²) < 4.78 is 5.11. The molecule has 9 nitrogen and oxygen atoms in total. The van der Waals surface area contributed by atoms with Crippen LogP contribution in [0.4, 0.5) is 4.79 Å². The van der Waals surface area contributed by atoms with E-state index < -0.39 is 41.6 Å². The van der Waals surface area contributed by atoms with Gasteiger partial charge in [0.2, 0.25) is 0 Å². The number of carbonyl (C=O) groups excluding carboxylic acids is 2. The Labute approximate surface area is 153 Å². The zero-order valence-electron chi connectivity index (χ0n) is 14.8. The zero-order chi connectivity index (χ0) is 19.6. The number of carboxylic acid groups (broad SMARTS) is 2. The molecule has 0 aliphatic carbocycles. The van der Waals surface area contributed by atoms with Gasteiger partial charge in [0, 0.05) is 0 Å². The van der Waals surface area contributed by atoms with Gasteiger partial charge in [-0.15, -0.1) is 0 Å². The number of nitrogens with one attached hydrogen (secondary N) is 2. The summed E-state index contributed by atoms with van der Waals surface area (Å²) in [6.45, 7) is 5.05. The van der Waals surface area contributed by atoms with Crippen LogP contribution in [0.2, 0.25) is 11.1 Å². The van der Waals surface area contributed by atoms with E-state index in [1.165, 1.54) is 0 Å². The van der Waals surface area contributed by atoms with E-state index in [2.05, 4.69) is 10.6 Å². The van der Waals surface area contributed by atoms with Crippen LogP contribution in [-0.2, 0) is 19.1 Å². The summed E-state index contributed by atoms with van der Waals surface area (Å²) in [6, 6.07) is -2.28. The van der Waals surface area contributed by atoms with E-state index in [0.29, 0.717) is 11.7 Å². The molecule has 0 heterocycles. The Hall–Kier alpha value is -1.80. The number of rotatable bonds is 10. The molecule has 0 aromatic carbocycles. The molecule has 0 aromatic heterocycles. The fraction of sp³-hybridized carbons (Fsp3) is 0.733. The second kappa shape index (κ2) is 10.9. The van der Waals surface area contributed by atoms with Crippen LogP contribution in [0.3, 0.4) is 0 Å². The molecule has 25 heavy (non-hydrogen) atoms. The van der Waals surface area contributed by atoms with E-state index in [-0.39, 0.29) is 27.8 Å². The number of carboxylic acids is 2. The average molecular weight is 425 g/mol. The van der Waals surface area contributed by atoms with Gasteiger partial charge < -0.3 is 0 Å². The van der Waals surface area contributed by atoms with Crippen molar-refractivity contribution < 1.29 is 34.1 Å². The van der Waals surface area contributed by atoms with Crippen LogP contribution in [0.1, 0.15) is 40.0 Å². The van der Waals surface area contributed by atoms with Crippen LogP contribution in [0.15, 0.2) is 0 Å². The zero-order valence-corrected chi connectivity index (χ0v) is 16.5. The minimum absolute atomic E-state index is 0.243. The van der Waals surface area contributed by atoms with Crippen molar-refractivity contribution in [2.45, 2.75) is 68.9 Å². The molecule has 0 aromatic rings. The standard InChI is InChI=1S/C15H26N2O7Se/c1-15(2,3)24-14(23)17-9(7-8-25-4)12(20)16-10(13(21)22)5-6-11(18)19/h9-10H,5-8H2,1-4H3,(H,16,20)(H,17,23)(H,18,19)(H,21,22)/t9-,10-/m0/s1. The molecule has 10 heteroatoms. The molecule has 2 atom stereocenters. The van der Waals surface area contributed by atoms with Gasteiger partial charge >= 0.3 is 153 Å². The molecule has 0 radical (unpaired) electrons. The molecule has 0 bridgehead atoms. The molecule has 0 spiro atoms. The molecule has 2 amide bonds. The van der Waals surface area contributed by atoms with Crippen LogP contribution in [0.25, 0.3) is 0 Å². The van der Waals surface area contributed by atoms with Gasteiger partial charge in [0.05, 0.1) is 0 Å². The van der Waals surface area contributed by atoms with Crippen molar-refractivity contribution in [2.75, 3.05) is 0 Å². The van der Waals surface area contributed by atoms with E-state index in [4.69, 9.17) is 14.9 Å². The summed E-state index contributed by atoms with van der Waals surface area (Å²) in [6.07, 6.45) is -1.06. The molecular formula is C15H26N2O7Se. The molecule has 4 N–H and O–H groups in total. The van der Waals surface area contributed by atoms with Crippen LogP contribution in [0, 0.1) is 0 Å². The summed E-state index contributed by atoms with van der Waals surface area (Å²) in [5, 5.41) is 23.2. The second-order valence-electron chi connectivity index (χ2n) is 6.31. The summed E-state index contributed by atoms with van der Waals surface area (Å²) in [4.78, 5) is 46.0. The Morgan fingerprint density at radius 3 is 2.08 bits per heavy atom. The molecule has 0 rings (SSSR count). The van der Waals surface area contributed by atoms with E-state index in [0.717, 1.165) is 0 Å². The molecular weight excluding hydrogens is 399 g/mol. The van der Waals surface area contributed by atoms with Gasteiger partial charge in [-0.05, 0) is 0 Å². The van der Waals surface area contributed by atoms with Gasteiger partial charge in [-0.1, -0.05) is 0 Å². The number of alkyl carbamates (subject to hydrolysis) is 1. The molecule has 0 aliphatic heterocycles. The van der Waals surface area contributed by atoms with Crippen molar-refractivity contribution in [3.8, 4) is 0 Å². The second-order valence-corrected chi connectivity index (χ2v) is 8.38. The SMILES string of the molecule is C[Se]CC[C@H](NC(=O)OC(C)(C)C)C(=O)N[C@@H](CCC(=O)O)C(=O)O. The van der Waals surface area contributed by atoms with Gasteiger partial charge in [-0.2, -0.15) is 0 Å². The van der Waals surface area contributed by atoms with E-state index in [9.17, 15) is 19.2 Å². The fourth-order valence-corrected chi connectivity index (χ4v) is 2.74. The van der Waals surface area contributed by atoms with Crippen molar-refractivity contribution >= 4 is 38.9 Å². The van der Waals surface area contributed by atoms with Crippen molar-refractivity contribution in [3.63, 3.8) is 0 Å². The first-order chi connectivity index (χ1) is 11.5. The van der Waals surface area contributed by atoms with Gasteiger partial charge in [0.1, 0.15) is 0 Å². The first kappa shape index (κ1) is 23.2. The van der Waals surface area contributed by atoms with Crippen molar-refractivity contribution in [1.29, 1.82) is 0 Å². The quantitative estimate of drug-likeness (QED) is 0.381. The summed E-state index contributed by atoms with van der Waals surface area (Å²) in [5.74, 6) is -1.18. The Morgan fingerprint density at radius 1 is 1.04 bits per heavy atom. The minimum atomic E-state index is -1.33. The number of amides is 2. The summed E-state index contributed by atoms with van der Waals surface area (Å²) in [7, 11) is 0. The fourth-order valence-electron chi connectivity index (χ4n) is 1.75. The molecule has 0 saturated carbocycles. The third-order valence-corrected chi connectivity index (χ3v) is 4.23. The van der Waals surface area contributed by atoms with Crippen LogP contribution in [-0.4, -0.2) is 66.8 Å². The number of ether oxygens (including phenoxy) is 1. The van der Waals surface area contributed by atoms with Gasteiger partial charge in [-0.3, -0.25) is 0 Å². The number of carbonyl (C=O) groups is 4. The Morgan fingerprint density at radius 2 is 1.64 bits per heavy atom. The number of hydrogen-bond acceptors (Lipinski definition) is 5. The molecule has 0 aliphatic rings. The Kier molecular flexibility index (Phi) is 10.2. The predicted octanol–water partition coefficient (Wildman–Crippen LogP) is 0.875.